The third-order valence-electron chi connectivity index (χ3n) is 2.76. The lowest BCUT2D eigenvalue weighted by molar-refractivity contribution is -0.129. The SMILES string of the molecule is CNC(=O)C1CNCCN1CC(=O)NC(C)(C)C. The summed E-state index contributed by atoms with van der Waals surface area (Å²) < 4.78 is 0. The number of amides is 2. The molecular weight excluding hydrogens is 232 g/mol. The summed E-state index contributed by atoms with van der Waals surface area (Å²) >= 11 is 0. The quantitative estimate of drug-likeness (QED) is 0.600. The zero-order chi connectivity index (χ0) is 13.8. The normalized spacial score (nSPS) is 21.4. The number of carbonyl (C=O) groups is 2. The fraction of sp³-hybridized carbons (Fsp3) is 0.833. The Hall–Kier alpha value is -1.14. The van der Waals surface area contributed by atoms with E-state index in [1.807, 2.05) is 25.7 Å². The summed E-state index contributed by atoms with van der Waals surface area (Å²) in [6, 6.07) is -0.269. The van der Waals surface area contributed by atoms with Gasteiger partial charge in [0.15, 0.2) is 0 Å². The predicted molar refractivity (Wildman–Crippen MR) is 70.2 cm³/mol. The van der Waals surface area contributed by atoms with Gasteiger partial charge in [-0.3, -0.25) is 14.5 Å². The van der Waals surface area contributed by atoms with Crippen molar-refractivity contribution in [3.8, 4) is 0 Å². The van der Waals surface area contributed by atoms with Crippen LogP contribution < -0.4 is 16.0 Å². The average Bonchev–Trinajstić information content (AvgIpc) is 2.26. The van der Waals surface area contributed by atoms with Crippen LogP contribution in [-0.2, 0) is 9.59 Å². The Kier molecular flexibility index (Phi) is 5.10. The van der Waals surface area contributed by atoms with Crippen molar-refractivity contribution in [3.05, 3.63) is 0 Å². The van der Waals surface area contributed by atoms with Gasteiger partial charge >= 0.3 is 0 Å². The zero-order valence-corrected chi connectivity index (χ0v) is 11.7. The van der Waals surface area contributed by atoms with Crippen LogP contribution in [0.15, 0.2) is 0 Å². The third kappa shape index (κ3) is 4.62. The maximum absolute atomic E-state index is 11.9. The third-order valence-corrected chi connectivity index (χ3v) is 2.76. The van der Waals surface area contributed by atoms with E-state index in [1.165, 1.54) is 0 Å². The van der Waals surface area contributed by atoms with Crippen LogP contribution in [0, 0.1) is 0 Å². The van der Waals surface area contributed by atoms with E-state index in [1.54, 1.807) is 7.05 Å². The molecule has 18 heavy (non-hydrogen) atoms. The second kappa shape index (κ2) is 6.15. The Morgan fingerprint density at radius 3 is 2.61 bits per heavy atom. The lowest BCUT2D eigenvalue weighted by atomic mass is 10.1. The number of carbonyl (C=O) groups excluding carboxylic acids is 2. The summed E-state index contributed by atoms with van der Waals surface area (Å²) in [5, 5.41) is 8.71. The van der Waals surface area contributed by atoms with Gasteiger partial charge in [-0.2, -0.15) is 0 Å². The van der Waals surface area contributed by atoms with Crippen molar-refractivity contribution in [1.29, 1.82) is 0 Å². The Bertz CT molecular complexity index is 312. The number of likely N-dealkylation sites (N-methyl/N-ethyl adjacent to an activating group) is 1. The fourth-order valence-electron chi connectivity index (χ4n) is 2.00. The van der Waals surface area contributed by atoms with E-state index in [2.05, 4.69) is 16.0 Å². The van der Waals surface area contributed by atoms with Crippen LogP contribution in [-0.4, -0.2) is 61.5 Å². The molecule has 1 aliphatic rings. The molecule has 1 fully saturated rings. The second-order valence-electron chi connectivity index (χ2n) is 5.60. The Labute approximate surface area is 108 Å². The van der Waals surface area contributed by atoms with Gasteiger partial charge in [0.2, 0.25) is 11.8 Å². The summed E-state index contributed by atoms with van der Waals surface area (Å²) in [5.74, 6) is -0.0935. The number of rotatable bonds is 3. The Morgan fingerprint density at radius 2 is 2.06 bits per heavy atom. The molecule has 6 nitrogen and oxygen atoms in total. The highest BCUT2D eigenvalue weighted by Crippen LogP contribution is 2.04. The molecule has 2 amide bonds. The fourth-order valence-corrected chi connectivity index (χ4v) is 2.00. The summed E-state index contributed by atoms with van der Waals surface area (Å²) in [7, 11) is 1.62. The Morgan fingerprint density at radius 1 is 1.39 bits per heavy atom. The molecular formula is C12H24N4O2. The van der Waals surface area contributed by atoms with Gasteiger partial charge in [-0.25, -0.2) is 0 Å². The predicted octanol–water partition coefficient (Wildman–Crippen LogP) is -1.08. The highest BCUT2D eigenvalue weighted by molar-refractivity contribution is 5.84. The van der Waals surface area contributed by atoms with Gasteiger partial charge in [-0.15, -0.1) is 0 Å². The molecule has 0 aromatic rings. The molecule has 1 heterocycles. The molecule has 0 spiro atoms. The lowest BCUT2D eigenvalue weighted by Crippen LogP contribution is -2.60. The zero-order valence-electron chi connectivity index (χ0n) is 11.7. The first-order valence-electron chi connectivity index (χ1n) is 6.31. The minimum Gasteiger partial charge on any atom is -0.358 e. The van der Waals surface area contributed by atoms with Crippen molar-refractivity contribution < 1.29 is 9.59 Å². The molecule has 3 N–H and O–H groups in total. The average molecular weight is 256 g/mol. The van der Waals surface area contributed by atoms with Gasteiger partial charge in [-0.05, 0) is 20.8 Å². The molecule has 1 atom stereocenters. The minimum atomic E-state index is -0.269. The number of nitrogens with zero attached hydrogens (tertiary/aromatic N) is 1. The maximum atomic E-state index is 11.9. The van der Waals surface area contributed by atoms with Crippen molar-refractivity contribution in [3.63, 3.8) is 0 Å². The van der Waals surface area contributed by atoms with Gasteiger partial charge in [-0.1, -0.05) is 0 Å². The first kappa shape index (κ1) is 14.9. The number of hydrogen-bond acceptors (Lipinski definition) is 4. The Balaban J connectivity index is 2.57. The molecule has 1 aliphatic heterocycles. The largest absolute Gasteiger partial charge is 0.358 e. The standard InChI is InChI=1S/C12H24N4O2/c1-12(2,3)15-10(17)8-16-6-5-14-7-9(16)11(18)13-4/h9,14H,5-8H2,1-4H3,(H,13,18)(H,15,17). The molecule has 0 bridgehead atoms. The first-order valence-corrected chi connectivity index (χ1v) is 6.31. The number of hydrogen-bond donors (Lipinski definition) is 3. The first-order chi connectivity index (χ1) is 8.33. The van der Waals surface area contributed by atoms with Crippen molar-refractivity contribution in [2.45, 2.75) is 32.4 Å². The van der Waals surface area contributed by atoms with Crippen molar-refractivity contribution >= 4 is 11.8 Å². The number of nitrogens with one attached hydrogen (secondary N) is 3. The highest BCUT2D eigenvalue weighted by Gasteiger charge is 2.29. The van der Waals surface area contributed by atoms with E-state index in [-0.39, 0.29) is 29.9 Å². The molecule has 0 radical (unpaired) electrons. The van der Waals surface area contributed by atoms with E-state index < -0.39 is 0 Å². The highest BCUT2D eigenvalue weighted by atomic mass is 16.2. The van der Waals surface area contributed by atoms with Crippen molar-refractivity contribution in [2.75, 3.05) is 33.2 Å². The summed E-state index contributed by atoms with van der Waals surface area (Å²) in [6.07, 6.45) is 0. The van der Waals surface area contributed by atoms with E-state index in [0.29, 0.717) is 13.1 Å². The van der Waals surface area contributed by atoms with Crippen LogP contribution in [0.2, 0.25) is 0 Å². The van der Waals surface area contributed by atoms with Crippen LogP contribution >= 0.6 is 0 Å². The molecule has 0 aromatic heterocycles. The maximum Gasteiger partial charge on any atom is 0.238 e. The molecule has 6 heteroatoms. The van der Waals surface area contributed by atoms with Gasteiger partial charge in [0.25, 0.3) is 0 Å². The molecule has 1 unspecified atom stereocenters. The van der Waals surface area contributed by atoms with Gasteiger partial charge in [0.05, 0.1) is 6.54 Å². The number of piperazine rings is 1. The van der Waals surface area contributed by atoms with Crippen molar-refractivity contribution in [1.82, 2.24) is 20.9 Å². The van der Waals surface area contributed by atoms with Gasteiger partial charge < -0.3 is 16.0 Å². The van der Waals surface area contributed by atoms with E-state index >= 15 is 0 Å². The van der Waals surface area contributed by atoms with Crippen molar-refractivity contribution in [2.24, 2.45) is 0 Å². The minimum absolute atomic E-state index is 0.0432. The van der Waals surface area contributed by atoms with Crippen LogP contribution in [0.25, 0.3) is 0 Å². The van der Waals surface area contributed by atoms with E-state index in [4.69, 9.17) is 0 Å². The summed E-state index contributed by atoms with van der Waals surface area (Å²) in [5.41, 5.74) is -0.242. The lowest BCUT2D eigenvalue weighted by Gasteiger charge is -2.35. The molecule has 0 aromatic carbocycles. The molecule has 1 rings (SSSR count). The smallest absolute Gasteiger partial charge is 0.238 e. The molecule has 0 aliphatic carbocycles. The van der Waals surface area contributed by atoms with E-state index in [9.17, 15) is 9.59 Å². The molecule has 104 valence electrons. The van der Waals surface area contributed by atoms with Crippen LogP contribution in [0.3, 0.4) is 0 Å². The van der Waals surface area contributed by atoms with Gasteiger partial charge in [0, 0.05) is 32.2 Å². The van der Waals surface area contributed by atoms with Gasteiger partial charge in [0.1, 0.15) is 6.04 Å². The summed E-state index contributed by atoms with van der Waals surface area (Å²) in [4.78, 5) is 25.5. The molecule has 0 saturated carbocycles. The topological polar surface area (TPSA) is 73.5 Å². The monoisotopic (exact) mass is 256 g/mol. The van der Waals surface area contributed by atoms with Crippen LogP contribution in [0.4, 0.5) is 0 Å². The van der Waals surface area contributed by atoms with Crippen LogP contribution in [0.1, 0.15) is 20.8 Å². The summed E-state index contributed by atoms with van der Waals surface area (Å²) in [6.45, 7) is 8.18. The second-order valence-corrected chi connectivity index (χ2v) is 5.60. The molecule has 1 saturated heterocycles. The van der Waals surface area contributed by atoms with E-state index in [0.717, 1.165) is 6.54 Å². The van der Waals surface area contributed by atoms with Crippen LogP contribution in [0.5, 0.6) is 0 Å².